The Morgan fingerprint density at radius 2 is 0.923 bits per heavy atom. The van der Waals surface area contributed by atoms with Crippen LogP contribution in [0.2, 0.25) is 0 Å². The largest absolute Gasteiger partial charge is 0.456 e. The average Bonchev–Trinajstić information content (AvgIpc) is 3.87. The zero-order valence-corrected chi connectivity index (χ0v) is 28.2. The summed E-state index contributed by atoms with van der Waals surface area (Å²) >= 11 is 0. The molecule has 0 aliphatic heterocycles. The molecule has 244 valence electrons. The molecule has 11 rings (SSSR count). The van der Waals surface area contributed by atoms with Crippen LogP contribution in [0.15, 0.2) is 197 Å². The van der Waals surface area contributed by atoms with Gasteiger partial charge in [0.1, 0.15) is 22.3 Å². The van der Waals surface area contributed by atoms with E-state index in [1.165, 1.54) is 27.8 Å². The summed E-state index contributed by atoms with van der Waals surface area (Å²) < 4.78 is 13.2. The highest BCUT2D eigenvalue weighted by molar-refractivity contribution is 6.14. The summed E-state index contributed by atoms with van der Waals surface area (Å²) in [5, 5.41) is 4.32. The monoisotopic (exact) mass is 665 g/mol. The smallest absolute Gasteiger partial charge is 0.137 e. The van der Waals surface area contributed by atoms with Crippen molar-refractivity contribution in [1.82, 2.24) is 0 Å². The van der Waals surface area contributed by atoms with E-state index in [-0.39, 0.29) is 0 Å². The highest BCUT2D eigenvalue weighted by atomic mass is 16.3. The molecule has 52 heavy (non-hydrogen) atoms. The van der Waals surface area contributed by atoms with Gasteiger partial charge < -0.3 is 13.7 Å². The second-order valence-electron chi connectivity index (χ2n) is 13.6. The molecule has 3 nitrogen and oxygen atoms in total. The van der Waals surface area contributed by atoms with Gasteiger partial charge in [0.05, 0.1) is 22.2 Å². The number of anilines is 3. The average molecular weight is 666 g/mol. The number of nitrogens with zero attached hydrogens (tertiary/aromatic N) is 1. The Hall–Kier alpha value is -6.84. The van der Waals surface area contributed by atoms with Crippen LogP contribution in [0, 0.1) is 0 Å². The lowest BCUT2D eigenvalue weighted by molar-refractivity contribution is 0.665. The fourth-order valence-corrected chi connectivity index (χ4v) is 8.85. The van der Waals surface area contributed by atoms with E-state index >= 15 is 0 Å². The predicted octanol–water partition coefficient (Wildman–Crippen LogP) is 13.3. The third-order valence-corrected chi connectivity index (χ3v) is 10.9. The molecule has 0 saturated heterocycles. The minimum Gasteiger partial charge on any atom is -0.456 e. The molecule has 3 heteroatoms. The lowest BCUT2D eigenvalue weighted by Gasteiger charge is -2.38. The quantitative estimate of drug-likeness (QED) is 0.183. The molecular formula is C49H31NO2. The van der Waals surface area contributed by atoms with Gasteiger partial charge in [0.15, 0.2) is 0 Å². The summed E-state index contributed by atoms with van der Waals surface area (Å²) in [5.41, 5.74) is 13.3. The molecule has 0 saturated carbocycles. The number of rotatable bonds is 5. The fraction of sp³-hybridized carbons (Fsp3) is 0.0204. The zero-order valence-electron chi connectivity index (χ0n) is 28.2. The van der Waals surface area contributed by atoms with Gasteiger partial charge >= 0.3 is 0 Å². The van der Waals surface area contributed by atoms with E-state index < -0.39 is 5.41 Å². The first-order valence-electron chi connectivity index (χ1n) is 17.8. The second-order valence-corrected chi connectivity index (χ2v) is 13.6. The predicted molar refractivity (Wildman–Crippen MR) is 213 cm³/mol. The third kappa shape index (κ3) is 3.96. The van der Waals surface area contributed by atoms with Crippen molar-refractivity contribution in [1.29, 1.82) is 0 Å². The summed E-state index contributed by atoms with van der Waals surface area (Å²) in [6, 6.07) is 67.3. The summed E-state index contributed by atoms with van der Waals surface area (Å²) in [6.07, 6.45) is 0. The maximum atomic E-state index is 6.74. The van der Waals surface area contributed by atoms with Crippen molar-refractivity contribution >= 4 is 60.9 Å². The van der Waals surface area contributed by atoms with Crippen LogP contribution >= 0.6 is 0 Å². The topological polar surface area (TPSA) is 29.5 Å². The van der Waals surface area contributed by atoms with Crippen LogP contribution in [0.25, 0.3) is 55.0 Å². The molecule has 0 unspecified atom stereocenters. The maximum absolute atomic E-state index is 6.74. The molecule has 2 heterocycles. The Bertz CT molecular complexity index is 2930. The summed E-state index contributed by atoms with van der Waals surface area (Å²) in [7, 11) is 0. The Morgan fingerprint density at radius 1 is 0.365 bits per heavy atom. The zero-order chi connectivity index (χ0) is 34.2. The van der Waals surface area contributed by atoms with Crippen LogP contribution in [0.3, 0.4) is 0 Å². The van der Waals surface area contributed by atoms with E-state index in [0.717, 1.165) is 66.5 Å². The van der Waals surface area contributed by atoms with Crippen LogP contribution < -0.4 is 4.90 Å². The Kier molecular flexibility index (Phi) is 6.17. The van der Waals surface area contributed by atoms with Crippen molar-refractivity contribution in [3.8, 4) is 11.1 Å². The Balaban J connectivity index is 1.36. The molecule has 0 bridgehead atoms. The van der Waals surface area contributed by atoms with Crippen LogP contribution in [0.1, 0.15) is 22.3 Å². The molecule has 0 N–H and O–H groups in total. The molecule has 1 aliphatic carbocycles. The molecule has 0 spiro atoms. The van der Waals surface area contributed by atoms with Crippen molar-refractivity contribution in [2.75, 3.05) is 4.90 Å². The number of hydrogen-bond acceptors (Lipinski definition) is 3. The number of para-hydroxylation sites is 3. The fourth-order valence-electron chi connectivity index (χ4n) is 8.85. The highest BCUT2D eigenvalue weighted by Crippen LogP contribution is 2.60. The minimum absolute atomic E-state index is 0.670. The van der Waals surface area contributed by atoms with Crippen LogP contribution in [-0.2, 0) is 5.41 Å². The van der Waals surface area contributed by atoms with Gasteiger partial charge in [-0.25, -0.2) is 0 Å². The van der Waals surface area contributed by atoms with E-state index in [9.17, 15) is 0 Å². The second kappa shape index (κ2) is 11.1. The van der Waals surface area contributed by atoms with Crippen molar-refractivity contribution in [3.05, 3.63) is 210 Å². The first-order valence-corrected chi connectivity index (χ1v) is 17.8. The van der Waals surface area contributed by atoms with E-state index in [1.54, 1.807) is 0 Å². The van der Waals surface area contributed by atoms with Crippen LogP contribution in [0.4, 0.5) is 17.1 Å². The van der Waals surface area contributed by atoms with Crippen molar-refractivity contribution in [3.63, 3.8) is 0 Å². The molecular weight excluding hydrogens is 635 g/mol. The number of benzene rings is 8. The lowest BCUT2D eigenvalue weighted by atomic mass is 9.67. The molecule has 0 amide bonds. The number of fused-ring (bicyclic) bond motifs is 9. The van der Waals surface area contributed by atoms with Gasteiger partial charge in [-0.05, 0) is 81.9 Å². The first-order chi connectivity index (χ1) is 25.8. The van der Waals surface area contributed by atoms with E-state index in [0.29, 0.717) is 0 Å². The van der Waals surface area contributed by atoms with Crippen LogP contribution in [-0.4, -0.2) is 0 Å². The Labute approximate surface area is 300 Å². The van der Waals surface area contributed by atoms with Crippen molar-refractivity contribution in [2.45, 2.75) is 5.41 Å². The standard InChI is InChI=1S/C49H31NO2/c1-3-16-32(17-4-1)49(39-24-11-7-20-34(39)35-21-8-12-25-40(35)49)41-31-47-38(36-22-9-13-27-44(36)52-47)30-43(41)50(33-18-5-2-6-19-33)42-26-15-29-46-48(42)37-23-10-14-28-45(37)51-46/h1-31H. The van der Waals surface area contributed by atoms with Gasteiger partial charge in [0.2, 0.25) is 0 Å². The summed E-state index contributed by atoms with van der Waals surface area (Å²) in [6.45, 7) is 0. The van der Waals surface area contributed by atoms with Gasteiger partial charge in [0, 0.05) is 21.8 Å². The minimum atomic E-state index is -0.670. The SMILES string of the molecule is c1ccc(N(c2cc3c(cc2C2(c4ccccc4)c4ccccc4-c4ccccc42)oc2ccccc23)c2cccc3oc4ccccc4c23)cc1. The van der Waals surface area contributed by atoms with Crippen LogP contribution in [0.5, 0.6) is 0 Å². The first kappa shape index (κ1) is 28.9. The van der Waals surface area contributed by atoms with Gasteiger partial charge in [-0.15, -0.1) is 0 Å². The van der Waals surface area contributed by atoms with Gasteiger partial charge in [-0.1, -0.05) is 140 Å². The van der Waals surface area contributed by atoms with E-state index in [1.807, 2.05) is 12.1 Å². The van der Waals surface area contributed by atoms with Crippen molar-refractivity contribution < 1.29 is 8.83 Å². The van der Waals surface area contributed by atoms with Gasteiger partial charge in [-0.2, -0.15) is 0 Å². The third-order valence-electron chi connectivity index (χ3n) is 10.9. The molecule has 1 aliphatic rings. The molecule has 0 atom stereocenters. The van der Waals surface area contributed by atoms with Gasteiger partial charge in [-0.3, -0.25) is 0 Å². The number of hydrogen-bond donors (Lipinski definition) is 0. The number of furan rings is 2. The molecule has 8 aromatic carbocycles. The van der Waals surface area contributed by atoms with E-state index in [4.69, 9.17) is 8.83 Å². The van der Waals surface area contributed by atoms with Crippen molar-refractivity contribution in [2.24, 2.45) is 0 Å². The molecule has 2 aromatic heterocycles. The molecule has 0 radical (unpaired) electrons. The normalized spacial score (nSPS) is 13.2. The van der Waals surface area contributed by atoms with E-state index in [2.05, 4.69) is 181 Å². The lowest BCUT2D eigenvalue weighted by Crippen LogP contribution is -2.30. The summed E-state index contributed by atoms with van der Waals surface area (Å²) in [5.74, 6) is 0. The Morgan fingerprint density at radius 3 is 1.65 bits per heavy atom. The van der Waals surface area contributed by atoms with Gasteiger partial charge in [0.25, 0.3) is 0 Å². The molecule has 0 fully saturated rings. The highest BCUT2D eigenvalue weighted by Gasteiger charge is 2.48. The molecule has 10 aromatic rings. The summed E-state index contributed by atoms with van der Waals surface area (Å²) in [4.78, 5) is 2.44. The maximum Gasteiger partial charge on any atom is 0.137 e.